The third kappa shape index (κ3) is 5.27. The molecule has 0 bridgehead atoms. The third-order valence-electron chi connectivity index (χ3n) is 3.07. The molecule has 0 amide bonds. The van der Waals surface area contributed by atoms with Crippen LogP contribution in [0.25, 0.3) is 0 Å². The van der Waals surface area contributed by atoms with Gasteiger partial charge in [-0.1, -0.05) is 30.3 Å². The van der Waals surface area contributed by atoms with Crippen molar-refractivity contribution in [3.8, 4) is 0 Å². The summed E-state index contributed by atoms with van der Waals surface area (Å²) in [6.45, 7) is 5.81. The highest BCUT2D eigenvalue weighted by molar-refractivity contribution is 5.99. The Balaban J connectivity index is 3.19. The molecule has 0 saturated carbocycles. The molecule has 0 aliphatic carbocycles. The van der Waals surface area contributed by atoms with Crippen LogP contribution in [-0.4, -0.2) is 28.8 Å². The first-order valence-electron chi connectivity index (χ1n) is 7.02. The molecule has 0 heterocycles. The van der Waals surface area contributed by atoms with Gasteiger partial charge in [0.15, 0.2) is 0 Å². The number of carbonyl (C=O) groups is 2. The molecule has 1 aromatic rings. The molecule has 6 heteroatoms. The maximum Gasteiger partial charge on any atom is 0.317 e. The van der Waals surface area contributed by atoms with Crippen LogP contribution in [0.1, 0.15) is 39.2 Å². The van der Waals surface area contributed by atoms with Crippen molar-refractivity contribution in [1.82, 2.24) is 0 Å². The Bertz CT molecular complexity index is 547. The summed E-state index contributed by atoms with van der Waals surface area (Å²) in [6.07, 6.45) is 0. The van der Waals surface area contributed by atoms with Crippen molar-refractivity contribution in [2.24, 2.45) is 5.92 Å². The summed E-state index contributed by atoms with van der Waals surface area (Å²) >= 11 is 0. The lowest BCUT2D eigenvalue weighted by Crippen LogP contribution is -2.37. The van der Waals surface area contributed by atoms with E-state index in [-0.39, 0.29) is 0 Å². The van der Waals surface area contributed by atoms with E-state index in [1.165, 1.54) is 6.92 Å². The molecule has 2 atom stereocenters. The zero-order chi connectivity index (χ0) is 16.9. The topological polar surface area (TPSA) is 86.5 Å². The Hall–Kier alpha value is -2.24. The summed E-state index contributed by atoms with van der Waals surface area (Å²) in [5.41, 5.74) is -0.189. The van der Waals surface area contributed by atoms with E-state index in [9.17, 15) is 19.7 Å². The van der Waals surface area contributed by atoms with Crippen LogP contribution < -0.4 is 0 Å². The van der Waals surface area contributed by atoms with Gasteiger partial charge >= 0.3 is 5.97 Å². The molecule has 0 saturated heterocycles. The minimum atomic E-state index is -1.19. The van der Waals surface area contributed by atoms with Crippen LogP contribution in [0, 0.1) is 16.0 Å². The van der Waals surface area contributed by atoms with E-state index in [0.717, 1.165) is 0 Å². The monoisotopic (exact) mass is 307 g/mol. The lowest BCUT2D eigenvalue weighted by molar-refractivity contribution is -0.484. The van der Waals surface area contributed by atoms with Crippen LogP contribution in [0.5, 0.6) is 0 Å². The number of benzene rings is 1. The summed E-state index contributed by atoms with van der Waals surface area (Å²) in [4.78, 5) is 34.7. The fourth-order valence-corrected chi connectivity index (χ4v) is 2.24. The van der Waals surface area contributed by atoms with Gasteiger partial charge in [-0.15, -0.1) is 0 Å². The van der Waals surface area contributed by atoms with Crippen molar-refractivity contribution in [1.29, 1.82) is 0 Å². The summed E-state index contributed by atoms with van der Waals surface area (Å²) in [5, 5.41) is 11.0. The molecular weight excluding hydrogens is 286 g/mol. The zero-order valence-electron chi connectivity index (χ0n) is 13.2. The highest BCUT2D eigenvalue weighted by Gasteiger charge is 2.39. The second-order valence-electron chi connectivity index (χ2n) is 6.15. The van der Waals surface area contributed by atoms with Crippen LogP contribution in [0.4, 0.5) is 0 Å². The molecule has 6 nitrogen and oxygen atoms in total. The summed E-state index contributed by atoms with van der Waals surface area (Å²) in [7, 11) is 0. The molecule has 0 aliphatic rings. The first kappa shape index (κ1) is 17.8. The maximum absolute atomic E-state index is 12.3. The fraction of sp³-hybridized carbons (Fsp3) is 0.500. The van der Waals surface area contributed by atoms with Crippen LogP contribution in [0.3, 0.4) is 0 Å². The molecule has 1 aromatic carbocycles. The van der Waals surface area contributed by atoms with Crippen molar-refractivity contribution in [2.45, 2.75) is 39.2 Å². The average molecular weight is 307 g/mol. The van der Waals surface area contributed by atoms with Gasteiger partial charge in [-0.3, -0.25) is 19.7 Å². The second-order valence-corrected chi connectivity index (χ2v) is 6.15. The molecule has 0 aliphatic heterocycles. The van der Waals surface area contributed by atoms with Crippen molar-refractivity contribution < 1.29 is 19.2 Å². The van der Waals surface area contributed by atoms with E-state index in [4.69, 9.17) is 4.74 Å². The summed E-state index contributed by atoms with van der Waals surface area (Å²) in [6, 6.07) is 8.55. The van der Waals surface area contributed by atoms with Crippen LogP contribution in [0.15, 0.2) is 30.3 Å². The number of ketones is 1. The first-order chi connectivity index (χ1) is 10.1. The lowest BCUT2D eigenvalue weighted by Gasteiger charge is -2.26. The predicted octanol–water partition coefficient (Wildman–Crippen LogP) is 2.59. The molecule has 1 unspecified atom stereocenters. The number of nitrogens with zero attached hydrogens (tertiary/aromatic N) is 1. The van der Waals surface area contributed by atoms with Gasteiger partial charge in [0.05, 0.1) is 5.92 Å². The average Bonchev–Trinajstić information content (AvgIpc) is 2.35. The quantitative estimate of drug-likeness (QED) is 0.349. The van der Waals surface area contributed by atoms with Gasteiger partial charge in [0.1, 0.15) is 17.3 Å². The SMILES string of the molecule is CC(=O)C(C(=O)OC(C)(C)C)[C@H](C[N+](=O)[O-])c1ccccc1. The van der Waals surface area contributed by atoms with Gasteiger partial charge in [0, 0.05) is 4.92 Å². The zero-order valence-corrected chi connectivity index (χ0v) is 13.2. The molecule has 0 N–H and O–H groups in total. The number of esters is 1. The van der Waals surface area contributed by atoms with Gasteiger partial charge in [-0.2, -0.15) is 0 Å². The normalized spacial score (nSPS) is 14.0. The van der Waals surface area contributed by atoms with E-state index in [2.05, 4.69) is 0 Å². The van der Waals surface area contributed by atoms with Gasteiger partial charge in [0.2, 0.25) is 6.54 Å². The fourth-order valence-electron chi connectivity index (χ4n) is 2.24. The van der Waals surface area contributed by atoms with E-state index in [0.29, 0.717) is 5.56 Å². The van der Waals surface area contributed by atoms with Crippen LogP contribution >= 0.6 is 0 Å². The number of hydrogen-bond donors (Lipinski definition) is 0. The largest absolute Gasteiger partial charge is 0.459 e. The van der Waals surface area contributed by atoms with Crippen LogP contribution in [0.2, 0.25) is 0 Å². The Morgan fingerprint density at radius 1 is 1.23 bits per heavy atom. The minimum Gasteiger partial charge on any atom is -0.459 e. The second kappa shape index (κ2) is 7.15. The third-order valence-corrected chi connectivity index (χ3v) is 3.07. The molecule has 120 valence electrons. The molecule has 1 rings (SSSR count). The first-order valence-corrected chi connectivity index (χ1v) is 7.02. The number of rotatable bonds is 6. The molecular formula is C16H21NO5. The standard InChI is InChI=1S/C16H21NO5/c1-11(18)14(15(19)22-16(2,3)4)13(10-17(20)21)12-8-6-5-7-9-12/h5-9,13-14H,10H2,1-4H3/t13-,14?/m1/s1. The number of Topliss-reactive ketones (excluding diaryl/α,β-unsaturated/α-hetero) is 1. The smallest absolute Gasteiger partial charge is 0.317 e. The summed E-state index contributed by atoms with van der Waals surface area (Å²) < 4.78 is 5.26. The Labute approximate surface area is 129 Å². The molecule has 22 heavy (non-hydrogen) atoms. The lowest BCUT2D eigenvalue weighted by atomic mass is 9.83. The van der Waals surface area contributed by atoms with E-state index in [1.807, 2.05) is 0 Å². The van der Waals surface area contributed by atoms with Gasteiger partial charge in [-0.05, 0) is 33.3 Å². The van der Waals surface area contributed by atoms with Crippen molar-refractivity contribution >= 4 is 11.8 Å². The Morgan fingerprint density at radius 2 is 1.77 bits per heavy atom. The van der Waals surface area contributed by atoms with Gasteiger partial charge in [0.25, 0.3) is 0 Å². The van der Waals surface area contributed by atoms with Crippen molar-refractivity contribution in [3.63, 3.8) is 0 Å². The van der Waals surface area contributed by atoms with Gasteiger partial charge < -0.3 is 4.74 Å². The number of carbonyl (C=O) groups excluding carboxylic acids is 2. The van der Waals surface area contributed by atoms with Crippen molar-refractivity contribution in [2.75, 3.05) is 6.54 Å². The van der Waals surface area contributed by atoms with E-state index < -0.39 is 40.7 Å². The van der Waals surface area contributed by atoms with Crippen molar-refractivity contribution in [3.05, 3.63) is 46.0 Å². The molecule has 0 aromatic heterocycles. The van der Waals surface area contributed by atoms with E-state index >= 15 is 0 Å². The van der Waals surface area contributed by atoms with E-state index in [1.54, 1.807) is 51.1 Å². The number of nitro groups is 1. The minimum absolute atomic E-state index is 0.440. The Kier molecular flexibility index (Phi) is 5.79. The highest BCUT2D eigenvalue weighted by Crippen LogP contribution is 2.28. The highest BCUT2D eigenvalue weighted by atomic mass is 16.6. The molecule has 0 radical (unpaired) electrons. The molecule has 0 fully saturated rings. The van der Waals surface area contributed by atoms with Gasteiger partial charge in [-0.25, -0.2) is 0 Å². The predicted molar refractivity (Wildman–Crippen MR) is 81.1 cm³/mol. The maximum atomic E-state index is 12.3. The number of ether oxygens (including phenoxy) is 1. The summed E-state index contributed by atoms with van der Waals surface area (Å²) in [5.74, 6) is -3.20. The number of hydrogen-bond acceptors (Lipinski definition) is 5. The Morgan fingerprint density at radius 3 is 2.18 bits per heavy atom. The molecule has 0 spiro atoms. The van der Waals surface area contributed by atoms with Crippen LogP contribution in [-0.2, 0) is 14.3 Å².